The molecule has 0 radical (unpaired) electrons. The molecule has 3 N–H and O–H groups in total. The van der Waals surface area contributed by atoms with Crippen LogP contribution in [0.15, 0.2) is 18.2 Å². The molecule has 2 saturated heterocycles. The number of imide groups is 1. The van der Waals surface area contributed by atoms with Crippen molar-refractivity contribution < 1.29 is 14.4 Å². The topological polar surface area (TPSA) is 92.5 Å². The fourth-order valence-electron chi connectivity index (χ4n) is 3.54. The van der Waals surface area contributed by atoms with Gasteiger partial charge in [0, 0.05) is 37.5 Å². The Morgan fingerprint density at radius 1 is 1.17 bits per heavy atom. The first-order valence-corrected chi connectivity index (χ1v) is 8.45. The zero-order valence-electron chi connectivity index (χ0n) is 13.9. The fraction of sp³-hybridized carbons (Fsp3) is 0.500. The maximum absolute atomic E-state index is 11.8. The van der Waals surface area contributed by atoms with Crippen molar-refractivity contribution in [2.45, 2.75) is 38.5 Å². The average Bonchev–Trinajstić information content (AvgIpc) is 2.54. The summed E-state index contributed by atoms with van der Waals surface area (Å²) < 4.78 is 0. The van der Waals surface area contributed by atoms with Crippen molar-refractivity contribution >= 4 is 23.4 Å². The summed E-state index contributed by atoms with van der Waals surface area (Å²) in [5.74, 6) is -0.406. The van der Waals surface area contributed by atoms with E-state index in [2.05, 4.69) is 17.1 Å². The van der Waals surface area contributed by atoms with Gasteiger partial charge in [0.25, 0.3) is 5.91 Å². The number of anilines is 1. The molecule has 6 nitrogen and oxygen atoms in total. The van der Waals surface area contributed by atoms with Gasteiger partial charge in [0.05, 0.1) is 5.56 Å². The molecule has 0 saturated carbocycles. The number of nitrogens with one attached hydrogen (secondary N) is 1. The summed E-state index contributed by atoms with van der Waals surface area (Å²) >= 11 is 0. The molecule has 2 aliphatic rings. The lowest BCUT2D eigenvalue weighted by Crippen LogP contribution is -2.38. The van der Waals surface area contributed by atoms with Crippen LogP contribution >= 0.6 is 0 Å². The molecule has 3 rings (SSSR count). The van der Waals surface area contributed by atoms with Gasteiger partial charge in [0.1, 0.15) is 0 Å². The Morgan fingerprint density at radius 2 is 1.79 bits per heavy atom. The lowest BCUT2D eigenvalue weighted by atomic mass is 9.88. The van der Waals surface area contributed by atoms with Gasteiger partial charge in [-0.05, 0) is 36.5 Å². The molecule has 1 aromatic carbocycles. The number of benzene rings is 1. The van der Waals surface area contributed by atoms with Gasteiger partial charge >= 0.3 is 0 Å². The van der Waals surface area contributed by atoms with E-state index in [1.807, 2.05) is 12.1 Å². The molecule has 3 amide bonds. The quantitative estimate of drug-likeness (QED) is 0.823. The zero-order chi connectivity index (χ0) is 17.3. The number of nitrogens with zero attached hydrogens (tertiary/aromatic N) is 1. The minimum Gasteiger partial charge on any atom is -0.371 e. The third kappa shape index (κ3) is 3.42. The largest absolute Gasteiger partial charge is 0.371 e. The van der Waals surface area contributed by atoms with Crippen LogP contribution < -0.4 is 16.0 Å². The zero-order valence-corrected chi connectivity index (χ0v) is 13.9. The van der Waals surface area contributed by atoms with Crippen molar-refractivity contribution in [1.82, 2.24) is 5.32 Å². The highest BCUT2D eigenvalue weighted by atomic mass is 16.2. The second-order valence-electron chi connectivity index (χ2n) is 6.89. The third-order valence-corrected chi connectivity index (χ3v) is 5.03. The third-order valence-electron chi connectivity index (χ3n) is 5.03. The highest BCUT2D eigenvalue weighted by molar-refractivity contribution is 6.00. The molecule has 0 unspecified atom stereocenters. The van der Waals surface area contributed by atoms with Crippen molar-refractivity contribution in [3.8, 4) is 0 Å². The van der Waals surface area contributed by atoms with E-state index in [0.29, 0.717) is 11.5 Å². The van der Waals surface area contributed by atoms with Crippen LogP contribution in [-0.2, 0) is 9.59 Å². The maximum atomic E-state index is 11.8. The van der Waals surface area contributed by atoms with Gasteiger partial charge in [-0.15, -0.1) is 0 Å². The van der Waals surface area contributed by atoms with Crippen LogP contribution in [0.4, 0.5) is 5.69 Å². The second kappa shape index (κ2) is 6.63. The second-order valence-corrected chi connectivity index (χ2v) is 6.89. The van der Waals surface area contributed by atoms with Gasteiger partial charge < -0.3 is 10.6 Å². The summed E-state index contributed by atoms with van der Waals surface area (Å²) in [6, 6.07) is 5.47. The van der Waals surface area contributed by atoms with Crippen LogP contribution in [0.1, 0.15) is 54.4 Å². The van der Waals surface area contributed by atoms with Crippen LogP contribution in [0.25, 0.3) is 0 Å². The Hall–Kier alpha value is -2.37. The first-order chi connectivity index (χ1) is 11.4. The number of carbonyl (C=O) groups is 3. The summed E-state index contributed by atoms with van der Waals surface area (Å²) in [5.41, 5.74) is 7.78. The molecule has 24 heavy (non-hydrogen) atoms. The van der Waals surface area contributed by atoms with Gasteiger partial charge in [0.15, 0.2) is 0 Å². The summed E-state index contributed by atoms with van der Waals surface area (Å²) in [7, 11) is 0. The van der Waals surface area contributed by atoms with Crippen molar-refractivity contribution in [1.29, 1.82) is 0 Å². The number of carbonyl (C=O) groups excluding carboxylic acids is 3. The van der Waals surface area contributed by atoms with Crippen LogP contribution in [0.5, 0.6) is 0 Å². The summed E-state index contributed by atoms with van der Waals surface area (Å²) in [6.07, 6.45) is 2.73. The molecule has 0 atom stereocenters. The molecule has 2 aliphatic heterocycles. The minimum atomic E-state index is -0.451. The highest BCUT2D eigenvalue weighted by Crippen LogP contribution is 2.33. The SMILES string of the molecule is CC1CCN(c2cc(C3CC(=O)NC(=O)C3)ccc2C(N)=O)CC1. The Labute approximate surface area is 141 Å². The molecule has 0 aromatic heterocycles. The van der Waals surface area contributed by atoms with Crippen molar-refractivity contribution in [2.24, 2.45) is 11.7 Å². The van der Waals surface area contributed by atoms with E-state index in [4.69, 9.17) is 5.73 Å². The van der Waals surface area contributed by atoms with Crippen LogP contribution in [0, 0.1) is 5.92 Å². The van der Waals surface area contributed by atoms with Crippen molar-refractivity contribution in [3.05, 3.63) is 29.3 Å². The van der Waals surface area contributed by atoms with Crippen molar-refractivity contribution in [3.63, 3.8) is 0 Å². The molecule has 0 spiro atoms. The van der Waals surface area contributed by atoms with E-state index in [1.54, 1.807) is 6.07 Å². The standard InChI is InChI=1S/C18H23N3O3/c1-11-4-6-21(7-5-11)15-8-12(2-3-14(15)18(19)24)13-9-16(22)20-17(23)10-13/h2-3,8,11,13H,4-7,9-10H2,1H3,(H2,19,24)(H,20,22,23). The number of rotatable bonds is 3. The number of amides is 3. The van der Waals surface area contributed by atoms with Gasteiger partial charge in [-0.3, -0.25) is 19.7 Å². The predicted octanol–water partition coefficient (Wildman–Crippen LogP) is 1.54. The van der Waals surface area contributed by atoms with Crippen LogP contribution in [0.2, 0.25) is 0 Å². The number of primary amides is 1. The Morgan fingerprint density at radius 3 is 2.38 bits per heavy atom. The summed E-state index contributed by atoms with van der Waals surface area (Å²) in [5, 5.41) is 2.33. The Balaban J connectivity index is 1.92. The maximum Gasteiger partial charge on any atom is 0.250 e. The van der Waals surface area contributed by atoms with E-state index >= 15 is 0 Å². The molecular formula is C18H23N3O3. The van der Waals surface area contributed by atoms with Gasteiger partial charge in [-0.2, -0.15) is 0 Å². The van der Waals surface area contributed by atoms with Crippen LogP contribution in [0.3, 0.4) is 0 Å². The summed E-state index contributed by atoms with van der Waals surface area (Å²) in [4.78, 5) is 37.3. The van der Waals surface area contributed by atoms with E-state index in [-0.39, 0.29) is 30.6 Å². The molecule has 0 bridgehead atoms. The van der Waals surface area contributed by atoms with Gasteiger partial charge in [-0.1, -0.05) is 13.0 Å². The molecule has 128 valence electrons. The summed E-state index contributed by atoms with van der Waals surface area (Å²) in [6.45, 7) is 4.00. The Bertz CT molecular complexity index is 662. The minimum absolute atomic E-state index is 0.143. The molecule has 0 aliphatic carbocycles. The van der Waals surface area contributed by atoms with E-state index in [1.165, 1.54) is 0 Å². The predicted molar refractivity (Wildman–Crippen MR) is 90.7 cm³/mol. The Kier molecular flexibility index (Phi) is 4.55. The monoisotopic (exact) mass is 329 g/mol. The molecular weight excluding hydrogens is 306 g/mol. The fourth-order valence-corrected chi connectivity index (χ4v) is 3.54. The van der Waals surface area contributed by atoms with E-state index in [0.717, 1.165) is 37.2 Å². The first kappa shape index (κ1) is 16.5. The van der Waals surface area contributed by atoms with E-state index < -0.39 is 5.91 Å². The smallest absolute Gasteiger partial charge is 0.250 e. The van der Waals surface area contributed by atoms with Gasteiger partial charge in [0.2, 0.25) is 11.8 Å². The normalized spacial score (nSPS) is 20.1. The number of hydrogen-bond acceptors (Lipinski definition) is 4. The van der Waals surface area contributed by atoms with E-state index in [9.17, 15) is 14.4 Å². The average molecular weight is 329 g/mol. The number of hydrogen-bond donors (Lipinski definition) is 2. The molecule has 1 aromatic rings. The lowest BCUT2D eigenvalue weighted by Gasteiger charge is -2.34. The van der Waals surface area contributed by atoms with Crippen LogP contribution in [-0.4, -0.2) is 30.8 Å². The number of piperidine rings is 2. The van der Waals surface area contributed by atoms with Crippen molar-refractivity contribution in [2.75, 3.05) is 18.0 Å². The number of nitrogens with two attached hydrogens (primary N) is 1. The molecule has 2 fully saturated rings. The highest BCUT2D eigenvalue weighted by Gasteiger charge is 2.28. The first-order valence-electron chi connectivity index (χ1n) is 8.45. The lowest BCUT2D eigenvalue weighted by molar-refractivity contribution is -0.133. The van der Waals surface area contributed by atoms with Gasteiger partial charge in [-0.25, -0.2) is 0 Å². The molecule has 2 heterocycles. The molecule has 6 heteroatoms.